The number of hydrogen-bond acceptors (Lipinski definition) is 3. The summed E-state index contributed by atoms with van der Waals surface area (Å²) in [5.41, 5.74) is 1.21. The van der Waals surface area contributed by atoms with Gasteiger partial charge in [0.25, 0.3) is 0 Å². The molecule has 23 heavy (non-hydrogen) atoms. The molecule has 0 radical (unpaired) electrons. The maximum absolute atomic E-state index is 12.7. The van der Waals surface area contributed by atoms with Crippen molar-refractivity contribution in [1.82, 2.24) is 4.90 Å². The van der Waals surface area contributed by atoms with Gasteiger partial charge in [-0.05, 0) is 24.8 Å². The molecule has 0 bridgehead atoms. The summed E-state index contributed by atoms with van der Waals surface area (Å²) in [5.74, 6) is -0.474. The number of ketones is 1. The number of likely N-dealkylation sites (tertiary alicyclic amines) is 1. The van der Waals surface area contributed by atoms with E-state index in [1.54, 1.807) is 12.1 Å². The van der Waals surface area contributed by atoms with Gasteiger partial charge >= 0.3 is 0 Å². The van der Waals surface area contributed by atoms with Crippen LogP contribution in [0.15, 0.2) is 24.3 Å². The number of amides is 2. The van der Waals surface area contributed by atoms with Crippen LogP contribution in [0, 0.1) is 5.41 Å². The van der Waals surface area contributed by atoms with Crippen LogP contribution in [0.2, 0.25) is 0 Å². The van der Waals surface area contributed by atoms with E-state index in [1.807, 2.05) is 12.1 Å². The second-order valence-electron chi connectivity index (χ2n) is 6.78. The van der Waals surface area contributed by atoms with Crippen molar-refractivity contribution >= 4 is 17.6 Å². The molecule has 4 nitrogen and oxygen atoms in total. The first-order chi connectivity index (χ1) is 11.1. The average Bonchev–Trinajstić information content (AvgIpc) is 2.80. The van der Waals surface area contributed by atoms with Crippen molar-refractivity contribution in [2.75, 3.05) is 6.54 Å². The molecule has 0 atom stereocenters. The molecule has 2 aliphatic rings. The SMILES string of the molecule is CCc1ccc(C(=O)CN2C(=O)CC3(CCCCC3)C2=O)cc1. The normalized spacial score (nSPS) is 20.3. The predicted octanol–water partition coefficient (Wildman–Crippen LogP) is 3.14. The molecule has 1 aromatic carbocycles. The monoisotopic (exact) mass is 313 g/mol. The van der Waals surface area contributed by atoms with E-state index in [2.05, 4.69) is 6.92 Å². The molecule has 1 saturated carbocycles. The summed E-state index contributed by atoms with van der Waals surface area (Å²) in [6.45, 7) is 1.94. The summed E-state index contributed by atoms with van der Waals surface area (Å²) in [6, 6.07) is 7.40. The van der Waals surface area contributed by atoms with Crippen molar-refractivity contribution in [2.45, 2.75) is 51.9 Å². The zero-order valence-electron chi connectivity index (χ0n) is 13.6. The first-order valence-electron chi connectivity index (χ1n) is 8.53. The van der Waals surface area contributed by atoms with E-state index in [-0.39, 0.29) is 30.6 Å². The Hall–Kier alpha value is -1.97. The molecule has 1 aliphatic carbocycles. The van der Waals surface area contributed by atoms with Crippen LogP contribution in [0.1, 0.15) is 61.4 Å². The lowest BCUT2D eigenvalue weighted by Gasteiger charge is -2.30. The van der Waals surface area contributed by atoms with Crippen LogP contribution in [0.4, 0.5) is 0 Å². The number of nitrogens with zero attached hydrogens (tertiary/aromatic N) is 1. The van der Waals surface area contributed by atoms with Crippen LogP contribution in [-0.2, 0) is 16.0 Å². The summed E-state index contributed by atoms with van der Waals surface area (Å²) >= 11 is 0. The smallest absolute Gasteiger partial charge is 0.236 e. The van der Waals surface area contributed by atoms with Crippen LogP contribution in [0.3, 0.4) is 0 Å². The molecule has 1 aliphatic heterocycles. The fourth-order valence-electron chi connectivity index (χ4n) is 3.80. The van der Waals surface area contributed by atoms with Gasteiger partial charge in [0.05, 0.1) is 12.0 Å². The molecule has 1 heterocycles. The maximum Gasteiger partial charge on any atom is 0.236 e. The van der Waals surface area contributed by atoms with Crippen molar-refractivity contribution in [3.8, 4) is 0 Å². The molecule has 0 unspecified atom stereocenters. The zero-order valence-corrected chi connectivity index (χ0v) is 13.6. The van der Waals surface area contributed by atoms with Gasteiger partial charge in [-0.1, -0.05) is 50.5 Å². The van der Waals surface area contributed by atoms with E-state index in [1.165, 1.54) is 4.90 Å². The number of imide groups is 1. The second kappa shape index (κ2) is 6.26. The first kappa shape index (κ1) is 15.9. The van der Waals surface area contributed by atoms with E-state index in [0.717, 1.165) is 44.1 Å². The van der Waals surface area contributed by atoms with Crippen LogP contribution in [0.5, 0.6) is 0 Å². The average molecular weight is 313 g/mol. The Bertz CT molecular complexity index is 627. The van der Waals surface area contributed by atoms with E-state index < -0.39 is 5.41 Å². The number of aryl methyl sites for hydroxylation is 1. The van der Waals surface area contributed by atoms with Crippen molar-refractivity contribution in [3.05, 3.63) is 35.4 Å². The molecule has 2 fully saturated rings. The maximum atomic E-state index is 12.7. The predicted molar refractivity (Wildman–Crippen MR) is 87.0 cm³/mol. The Morgan fingerprint density at radius 1 is 1.09 bits per heavy atom. The van der Waals surface area contributed by atoms with E-state index in [0.29, 0.717) is 5.56 Å². The van der Waals surface area contributed by atoms with Gasteiger partial charge in [0.2, 0.25) is 11.8 Å². The van der Waals surface area contributed by atoms with Gasteiger partial charge in [0.1, 0.15) is 0 Å². The molecular formula is C19H23NO3. The quantitative estimate of drug-likeness (QED) is 0.634. The Morgan fingerprint density at radius 2 is 1.74 bits per heavy atom. The van der Waals surface area contributed by atoms with Gasteiger partial charge in [-0.15, -0.1) is 0 Å². The number of rotatable bonds is 4. The van der Waals surface area contributed by atoms with Gasteiger partial charge in [-0.3, -0.25) is 19.3 Å². The molecule has 1 saturated heterocycles. The third-order valence-electron chi connectivity index (χ3n) is 5.29. The molecule has 3 rings (SSSR count). The number of benzene rings is 1. The van der Waals surface area contributed by atoms with Crippen molar-refractivity contribution in [1.29, 1.82) is 0 Å². The van der Waals surface area contributed by atoms with Crippen LogP contribution < -0.4 is 0 Å². The van der Waals surface area contributed by atoms with Crippen molar-refractivity contribution < 1.29 is 14.4 Å². The van der Waals surface area contributed by atoms with E-state index in [9.17, 15) is 14.4 Å². The Balaban J connectivity index is 1.72. The molecule has 2 amide bonds. The number of carbonyl (C=O) groups is 3. The molecule has 4 heteroatoms. The Kier molecular flexibility index (Phi) is 4.33. The van der Waals surface area contributed by atoms with Crippen molar-refractivity contribution in [3.63, 3.8) is 0 Å². The molecule has 0 aromatic heterocycles. The Morgan fingerprint density at radius 3 is 2.35 bits per heavy atom. The van der Waals surface area contributed by atoms with Crippen LogP contribution in [-0.4, -0.2) is 29.0 Å². The fraction of sp³-hybridized carbons (Fsp3) is 0.526. The van der Waals surface area contributed by atoms with Gasteiger partial charge in [0, 0.05) is 12.0 Å². The largest absolute Gasteiger partial charge is 0.292 e. The van der Waals surface area contributed by atoms with Crippen LogP contribution >= 0.6 is 0 Å². The lowest BCUT2D eigenvalue weighted by molar-refractivity contribution is -0.141. The fourth-order valence-corrected chi connectivity index (χ4v) is 3.80. The molecule has 1 spiro atoms. The summed E-state index contributed by atoms with van der Waals surface area (Å²) < 4.78 is 0. The topological polar surface area (TPSA) is 54.5 Å². The minimum absolute atomic E-state index is 0.120. The number of carbonyl (C=O) groups excluding carboxylic acids is 3. The molecular weight excluding hydrogens is 290 g/mol. The highest BCUT2D eigenvalue weighted by Crippen LogP contribution is 2.45. The first-order valence-corrected chi connectivity index (χ1v) is 8.53. The Labute approximate surface area is 136 Å². The summed E-state index contributed by atoms with van der Waals surface area (Å²) in [6.07, 6.45) is 5.90. The third-order valence-corrected chi connectivity index (χ3v) is 5.29. The molecule has 0 N–H and O–H groups in total. The van der Waals surface area contributed by atoms with E-state index in [4.69, 9.17) is 0 Å². The minimum Gasteiger partial charge on any atom is -0.292 e. The standard InChI is InChI=1S/C19H23NO3/c1-2-14-6-8-15(9-7-14)16(21)13-20-17(22)12-19(18(20)23)10-4-3-5-11-19/h6-9H,2-5,10-13H2,1H3. The summed E-state index contributed by atoms with van der Waals surface area (Å²) in [4.78, 5) is 38.6. The number of hydrogen-bond donors (Lipinski definition) is 0. The number of Topliss-reactive ketones (excluding diaryl/α,β-unsaturated/α-hetero) is 1. The van der Waals surface area contributed by atoms with Gasteiger partial charge in [-0.2, -0.15) is 0 Å². The van der Waals surface area contributed by atoms with Gasteiger partial charge in [0.15, 0.2) is 5.78 Å². The lowest BCUT2D eigenvalue weighted by atomic mass is 9.73. The summed E-state index contributed by atoms with van der Waals surface area (Å²) in [5, 5.41) is 0. The third kappa shape index (κ3) is 2.94. The lowest BCUT2D eigenvalue weighted by Crippen LogP contribution is -2.39. The highest BCUT2D eigenvalue weighted by atomic mass is 16.2. The van der Waals surface area contributed by atoms with E-state index >= 15 is 0 Å². The summed E-state index contributed by atoms with van der Waals surface area (Å²) in [7, 11) is 0. The second-order valence-corrected chi connectivity index (χ2v) is 6.78. The van der Waals surface area contributed by atoms with Gasteiger partial charge in [-0.25, -0.2) is 0 Å². The van der Waals surface area contributed by atoms with Crippen molar-refractivity contribution in [2.24, 2.45) is 5.41 Å². The van der Waals surface area contributed by atoms with Gasteiger partial charge < -0.3 is 0 Å². The highest BCUT2D eigenvalue weighted by Gasteiger charge is 2.51. The molecule has 1 aromatic rings. The zero-order chi connectivity index (χ0) is 16.4. The minimum atomic E-state index is -0.512. The van der Waals surface area contributed by atoms with Crippen LogP contribution in [0.25, 0.3) is 0 Å². The highest BCUT2D eigenvalue weighted by molar-refractivity contribution is 6.10. The molecule has 122 valence electrons.